The van der Waals surface area contributed by atoms with Gasteiger partial charge < -0.3 is 19.9 Å². The zero-order valence-corrected chi connectivity index (χ0v) is 22.2. The number of anilines is 3. The van der Waals surface area contributed by atoms with E-state index in [-0.39, 0.29) is 11.0 Å². The number of hydrogen-bond donors (Lipinski definition) is 1. The van der Waals surface area contributed by atoms with Gasteiger partial charge in [0.05, 0.1) is 24.2 Å². The SMILES string of the molecule is CCOC(=O)CCN1CCC(N2CCN(c3ncc4ncnc(Nc5ccc(F)c(Cl)c5)c4n3)CC2)CC1. The van der Waals surface area contributed by atoms with Crippen molar-refractivity contribution in [1.82, 2.24) is 29.7 Å². The van der Waals surface area contributed by atoms with E-state index in [0.717, 1.165) is 58.7 Å². The molecule has 0 unspecified atom stereocenters. The van der Waals surface area contributed by atoms with Crippen LogP contribution in [0.4, 0.5) is 21.8 Å². The molecule has 0 radical (unpaired) electrons. The Bertz CT molecular complexity index is 1270. The minimum absolute atomic E-state index is 0.0314. The van der Waals surface area contributed by atoms with Gasteiger partial charge in [0.1, 0.15) is 23.2 Å². The Labute approximate surface area is 226 Å². The number of fused-ring (bicyclic) bond motifs is 1. The molecule has 2 aromatic heterocycles. The largest absolute Gasteiger partial charge is 0.466 e. The van der Waals surface area contributed by atoms with E-state index in [1.807, 2.05) is 6.92 Å². The number of aromatic nitrogens is 4. The first kappa shape index (κ1) is 26.5. The van der Waals surface area contributed by atoms with Crippen LogP contribution in [0.2, 0.25) is 5.02 Å². The van der Waals surface area contributed by atoms with Crippen molar-refractivity contribution in [2.75, 3.05) is 62.6 Å². The molecule has 2 saturated heterocycles. The number of likely N-dealkylation sites (tertiary alicyclic amines) is 1. The van der Waals surface area contributed by atoms with Crippen LogP contribution in [0, 0.1) is 5.82 Å². The van der Waals surface area contributed by atoms with Gasteiger partial charge in [0.15, 0.2) is 5.82 Å². The van der Waals surface area contributed by atoms with Crippen LogP contribution >= 0.6 is 11.6 Å². The zero-order chi connectivity index (χ0) is 26.5. The van der Waals surface area contributed by atoms with Gasteiger partial charge in [-0.1, -0.05) is 11.6 Å². The Morgan fingerprint density at radius 3 is 2.66 bits per heavy atom. The van der Waals surface area contributed by atoms with Crippen LogP contribution < -0.4 is 10.2 Å². The Morgan fingerprint density at radius 1 is 1.13 bits per heavy atom. The van der Waals surface area contributed by atoms with E-state index in [2.05, 4.69) is 35.0 Å². The smallest absolute Gasteiger partial charge is 0.307 e. The highest BCUT2D eigenvalue weighted by atomic mass is 35.5. The molecule has 10 nitrogen and oxygen atoms in total. The molecule has 0 amide bonds. The maximum absolute atomic E-state index is 13.6. The van der Waals surface area contributed by atoms with E-state index in [1.165, 1.54) is 18.5 Å². The lowest BCUT2D eigenvalue weighted by molar-refractivity contribution is -0.143. The van der Waals surface area contributed by atoms with Crippen molar-refractivity contribution in [3.63, 3.8) is 0 Å². The minimum atomic E-state index is -0.479. The second kappa shape index (κ2) is 12.1. The number of piperidine rings is 1. The number of rotatable bonds is 8. The number of esters is 1. The molecule has 12 heteroatoms. The highest BCUT2D eigenvalue weighted by molar-refractivity contribution is 6.31. The van der Waals surface area contributed by atoms with Gasteiger partial charge in [0.2, 0.25) is 5.95 Å². The first-order valence-corrected chi connectivity index (χ1v) is 13.4. The lowest BCUT2D eigenvalue weighted by Gasteiger charge is -2.42. The average molecular weight is 543 g/mol. The highest BCUT2D eigenvalue weighted by Gasteiger charge is 2.28. The molecule has 0 spiro atoms. The second-order valence-electron chi connectivity index (χ2n) is 9.53. The van der Waals surface area contributed by atoms with Crippen LogP contribution in [0.5, 0.6) is 0 Å². The molecule has 1 aromatic carbocycles. The summed E-state index contributed by atoms with van der Waals surface area (Å²) in [6.45, 7) is 8.61. The van der Waals surface area contributed by atoms with Gasteiger partial charge in [-0.2, -0.15) is 0 Å². The zero-order valence-electron chi connectivity index (χ0n) is 21.4. The van der Waals surface area contributed by atoms with Crippen molar-refractivity contribution in [2.45, 2.75) is 32.2 Å². The predicted molar refractivity (Wildman–Crippen MR) is 144 cm³/mol. The summed E-state index contributed by atoms with van der Waals surface area (Å²) < 4.78 is 18.6. The van der Waals surface area contributed by atoms with Gasteiger partial charge >= 0.3 is 5.97 Å². The average Bonchev–Trinajstić information content (AvgIpc) is 2.94. The third-order valence-electron chi connectivity index (χ3n) is 7.16. The molecule has 3 aromatic rings. The maximum atomic E-state index is 13.6. The molecule has 4 heterocycles. The Morgan fingerprint density at radius 2 is 1.92 bits per heavy atom. The summed E-state index contributed by atoms with van der Waals surface area (Å²) in [6.07, 6.45) is 5.83. The van der Waals surface area contributed by atoms with Crippen molar-refractivity contribution in [2.24, 2.45) is 0 Å². The minimum Gasteiger partial charge on any atom is -0.466 e. The van der Waals surface area contributed by atoms with Gasteiger partial charge in [-0.15, -0.1) is 0 Å². The number of nitrogens with one attached hydrogen (secondary N) is 1. The standard InChI is InChI=1S/C26H32ClFN8O2/c1-2-38-23(37)7-10-34-8-5-19(6-9-34)35-11-13-36(14-12-35)26-29-16-22-24(33-26)25(31-17-30-22)32-18-3-4-21(28)20(27)15-18/h3-4,15-17,19H,2,5-14H2,1H3,(H,30,31,32). The molecule has 0 bridgehead atoms. The van der Waals surface area contributed by atoms with Crippen LogP contribution in [0.15, 0.2) is 30.7 Å². The van der Waals surface area contributed by atoms with Gasteiger partial charge in [0.25, 0.3) is 0 Å². The second-order valence-corrected chi connectivity index (χ2v) is 9.94. The fourth-order valence-corrected chi connectivity index (χ4v) is 5.26. The van der Waals surface area contributed by atoms with E-state index in [4.69, 9.17) is 21.3 Å². The number of halogens is 2. The molecule has 2 fully saturated rings. The fraction of sp³-hybridized carbons (Fsp3) is 0.500. The van der Waals surface area contributed by atoms with Gasteiger partial charge in [-0.05, 0) is 51.1 Å². The van der Waals surface area contributed by atoms with Gasteiger partial charge in [0, 0.05) is 44.5 Å². The molecule has 202 valence electrons. The first-order chi connectivity index (χ1) is 18.5. The summed E-state index contributed by atoms with van der Waals surface area (Å²) in [6, 6.07) is 4.97. The summed E-state index contributed by atoms with van der Waals surface area (Å²) in [5.74, 6) is 0.555. The number of hydrogen-bond acceptors (Lipinski definition) is 10. The molecular formula is C26H32ClFN8O2. The van der Waals surface area contributed by atoms with Crippen molar-refractivity contribution in [3.05, 3.63) is 41.6 Å². The summed E-state index contributed by atoms with van der Waals surface area (Å²) in [7, 11) is 0. The number of nitrogens with zero attached hydrogens (tertiary/aromatic N) is 7. The van der Waals surface area contributed by atoms with E-state index >= 15 is 0 Å². The predicted octanol–water partition coefficient (Wildman–Crippen LogP) is 3.50. The lowest BCUT2D eigenvalue weighted by Crippen LogP contribution is -2.53. The quantitative estimate of drug-likeness (QED) is 0.426. The van der Waals surface area contributed by atoms with Crippen LogP contribution in [-0.4, -0.2) is 94.2 Å². The summed E-state index contributed by atoms with van der Waals surface area (Å²) in [4.78, 5) is 36.7. The van der Waals surface area contributed by atoms with E-state index in [0.29, 0.717) is 47.6 Å². The number of carbonyl (C=O) groups excluding carboxylic acids is 1. The Balaban J connectivity index is 1.17. The fourth-order valence-electron chi connectivity index (χ4n) is 5.08. The van der Waals surface area contributed by atoms with E-state index in [1.54, 1.807) is 12.3 Å². The van der Waals surface area contributed by atoms with Gasteiger partial charge in [-0.25, -0.2) is 24.3 Å². The van der Waals surface area contributed by atoms with E-state index < -0.39 is 5.82 Å². The monoisotopic (exact) mass is 542 g/mol. The van der Waals surface area contributed by atoms with Crippen molar-refractivity contribution in [1.29, 1.82) is 0 Å². The number of ether oxygens (including phenoxy) is 1. The van der Waals surface area contributed by atoms with Crippen LogP contribution in [0.1, 0.15) is 26.2 Å². The molecule has 0 atom stereocenters. The Kier molecular flexibility index (Phi) is 8.45. The third-order valence-corrected chi connectivity index (χ3v) is 7.44. The summed E-state index contributed by atoms with van der Waals surface area (Å²) in [5, 5.41) is 3.20. The molecule has 1 N–H and O–H groups in total. The topological polar surface area (TPSA) is 99.6 Å². The Hall–Kier alpha value is -3.15. The summed E-state index contributed by atoms with van der Waals surface area (Å²) >= 11 is 5.93. The third kappa shape index (κ3) is 6.28. The highest BCUT2D eigenvalue weighted by Crippen LogP contribution is 2.26. The maximum Gasteiger partial charge on any atom is 0.307 e. The lowest BCUT2D eigenvalue weighted by atomic mass is 10.0. The number of carbonyl (C=O) groups is 1. The first-order valence-electron chi connectivity index (χ1n) is 13.1. The molecular weight excluding hydrogens is 511 g/mol. The molecule has 0 saturated carbocycles. The number of benzene rings is 1. The van der Waals surface area contributed by atoms with Crippen molar-refractivity contribution >= 4 is 46.1 Å². The molecule has 2 aliphatic heterocycles. The normalized spacial score (nSPS) is 17.6. The molecule has 38 heavy (non-hydrogen) atoms. The van der Waals surface area contributed by atoms with Crippen LogP contribution in [0.25, 0.3) is 11.0 Å². The van der Waals surface area contributed by atoms with E-state index in [9.17, 15) is 9.18 Å². The summed E-state index contributed by atoms with van der Waals surface area (Å²) in [5.41, 5.74) is 1.82. The number of piperazine rings is 1. The molecule has 0 aliphatic carbocycles. The van der Waals surface area contributed by atoms with Crippen molar-refractivity contribution in [3.8, 4) is 0 Å². The van der Waals surface area contributed by atoms with Crippen LogP contribution in [-0.2, 0) is 9.53 Å². The molecule has 5 rings (SSSR count). The van der Waals surface area contributed by atoms with Gasteiger partial charge in [-0.3, -0.25) is 9.69 Å². The van der Waals surface area contributed by atoms with Crippen molar-refractivity contribution < 1.29 is 13.9 Å². The van der Waals surface area contributed by atoms with Crippen LogP contribution in [0.3, 0.4) is 0 Å². The molecule has 2 aliphatic rings.